The van der Waals surface area contributed by atoms with Gasteiger partial charge in [-0.25, -0.2) is 18.1 Å². The lowest BCUT2D eigenvalue weighted by atomic mass is 10.1. The van der Waals surface area contributed by atoms with Gasteiger partial charge in [0.25, 0.3) is 10.0 Å². The van der Waals surface area contributed by atoms with Crippen LogP contribution in [0.5, 0.6) is 0 Å². The lowest BCUT2D eigenvalue weighted by Crippen LogP contribution is -2.48. The quantitative estimate of drug-likeness (QED) is 0.793. The number of nitrogens with two attached hydrogens (primary N) is 1. The maximum absolute atomic E-state index is 12.0. The third-order valence-corrected chi connectivity index (χ3v) is 4.06. The minimum atomic E-state index is -3.60. The second kappa shape index (κ2) is 4.75. The first-order chi connectivity index (χ1) is 7.72. The van der Waals surface area contributed by atoms with Crippen LogP contribution in [-0.2, 0) is 16.6 Å². The van der Waals surface area contributed by atoms with E-state index in [-0.39, 0.29) is 11.6 Å². The molecule has 0 radical (unpaired) electrons. The number of nitrogens with zero attached hydrogens (tertiary/aromatic N) is 2. The Labute approximate surface area is 102 Å². The average molecular weight is 260 g/mol. The van der Waals surface area contributed by atoms with Crippen molar-refractivity contribution in [2.75, 3.05) is 6.54 Å². The van der Waals surface area contributed by atoms with Gasteiger partial charge in [-0.3, -0.25) is 0 Å². The predicted molar refractivity (Wildman–Crippen MR) is 66.1 cm³/mol. The van der Waals surface area contributed by atoms with Crippen LogP contribution >= 0.6 is 0 Å². The second-order valence-electron chi connectivity index (χ2n) is 4.61. The molecule has 1 aromatic rings. The third-order valence-electron chi connectivity index (χ3n) is 2.49. The molecule has 0 spiro atoms. The van der Waals surface area contributed by atoms with E-state index in [1.165, 1.54) is 6.20 Å². The molecule has 1 aromatic heterocycles. The molecule has 0 fully saturated rings. The summed E-state index contributed by atoms with van der Waals surface area (Å²) >= 11 is 0. The van der Waals surface area contributed by atoms with Crippen LogP contribution in [0.3, 0.4) is 0 Å². The summed E-state index contributed by atoms with van der Waals surface area (Å²) in [5.74, 6) is 0.679. The Balaban J connectivity index is 3.05. The van der Waals surface area contributed by atoms with Gasteiger partial charge in [0.15, 0.2) is 5.03 Å². The van der Waals surface area contributed by atoms with Gasteiger partial charge in [0.2, 0.25) is 0 Å². The summed E-state index contributed by atoms with van der Waals surface area (Å²) in [4.78, 5) is 4.04. The van der Waals surface area contributed by atoms with E-state index < -0.39 is 15.6 Å². The second-order valence-corrected chi connectivity index (χ2v) is 6.24. The van der Waals surface area contributed by atoms with E-state index in [9.17, 15) is 8.42 Å². The van der Waals surface area contributed by atoms with Crippen molar-refractivity contribution in [3.05, 3.63) is 12.0 Å². The molecule has 0 saturated carbocycles. The first kappa shape index (κ1) is 14.1. The van der Waals surface area contributed by atoms with E-state index in [4.69, 9.17) is 5.73 Å². The summed E-state index contributed by atoms with van der Waals surface area (Å²) in [5, 5.41) is 0.0402. The highest BCUT2D eigenvalue weighted by molar-refractivity contribution is 7.89. The summed E-state index contributed by atoms with van der Waals surface area (Å²) in [7, 11) is -3.60. The van der Waals surface area contributed by atoms with Crippen molar-refractivity contribution < 1.29 is 8.42 Å². The van der Waals surface area contributed by atoms with E-state index in [1.54, 1.807) is 25.3 Å². The minimum absolute atomic E-state index is 0.0402. The number of imidazole rings is 1. The Kier molecular flexibility index (Phi) is 3.95. The van der Waals surface area contributed by atoms with E-state index >= 15 is 0 Å². The Bertz CT molecular complexity index is 490. The standard InChI is InChI=1S/C10H20N4O2S/c1-5-14-6-9(12-8(14)2)17(15,16)13-10(3,4)7-11/h6,13H,5,7,11H2,1-4H3. The topological polar surface area (TPSA) is 90.0 Å². The van der Waals surface area contributed by atoms with Crippen LogP contribution in [0.15, 0.2) is 11.2 Å². The van der Waals surface area contributed by atoms with Crippen LogP contribution in [0.4, 0.5) is 0 Å². The molecule has 1 heterocycles. The SMILES string of the molecule is CCn1cc(S(=O)(=O)NC(C)(C)CN)nc1C. The maximum atomic E-state index is 12.0. The zero-order valence-corrected chi connectivity index (χ0v) is 11.5. The molecule has 0 unspecified atom stereocenters. The van der Waals surface area contributed by atoms with Crippen LogP contribution in [0.1, 0.15) is 26.6 Å². The van der Waals surface area contributed by atoms with E-state index in [2.05, 4.69) is 9.71 Å². The molecule has 0 aliphatic rings. The van der Waals surface area contributed by atoms with Gasteiger partial charge in [0.05, 0.1) is 0 Å². The summed E-state index contributed by atoms with van der Waals surface area (Å²) in [6, 6.07) is 0. The highest BCUT2D eigenvalue weighted by Crippen LogP contribution is 2.12. The molecule has 7 heteroatoms. The largest absolute Gasteiger partial charge is 0.334 e. The van der Waals surface area contributed by atoms with Crippen molar-refractivity contribution in [2.45, 2.75) is 44.8 Å². The predicted octanol–water partition coefficient (Wildman–Crippen LogP) is 0.227. The van der Waals surface area contributed by atoms with Crippen molar-refractivity contribution in [3.63, 3.8) is 0 Å². The van der Waals surface area contributed by atoms with Crippen LogP contribution in [0, 0.1) is 6.92 Å². The fraction of sp³-hybridized carbons (Fsp3) is 0.700. The fourth-order valence-electron chi connectivity index (χ4n) is 1.39. The maximum Gasteiger partial charge on any atom is 0.260 e. The van der Waals surface area contributed by atoms with E-state index in [0.717, 1.165) is 0 Å². The molecule has 0 amide bonds. The number of sulfonamides is 1. The first-order valence-electron chi connectivity index (χ1n) is 5.49. The Morgan fingerprint density at radius 1 is 1.53 bits per heavy atom. The summed E-state index contributed by atoms with van der Waals surface area (Å²) < 4.78 is 28.4. The molecule has 0 aliphatic heterocycles. The van der Waals surface area contributed by atoms with Crippen LogP contribution in [-0.4, -0.2) is 30.1 Å². The lowest BCUT2D eigenvalue weighted by Gasteiger charge is -2.22. The zero-order chi connectivity index (χ0) is 13.3. The van der Waals surface area contributed by atoms with Crippen molar-refractivity contribution in [2.24, 2.45) is 5.73 Å². The Morgan fingerprint density at radius 3 is 2.53 bits per heavy atom. The molecular weight excluding hydrogens is 240 g/mol. The Morgan fingerprint density at radius 2 is 2.12 bits per heavy atom. The van der Waals surface area contributed by atoms with Gasteiger partial charge >= 0.3 is 0 Å². The van der Waals surface area contributed by atoms with Gasteiger partial charge in [0.1, 0.15) is 5.82 Å². The van der Waals surface area contributed by atoms with Crippen LogP contribution in [0.25, 0.3) is 0 Å². The van der Waals surface area contributed by atoms with Crippen LogP contribution < -0.4 is 10.5 Å². The molecule has 3 N–H and O–H groups in total. The van der Waals surface area contributed by atoms with Gasteiger partial charge in [-0.1, -0.05) is 0 Å². The number of hydrogen-bond acceptors (Lipinski definition) is 4. The molecule has 0 atom stereocenters. The third kappa shape index (κ3) is 3.27. The Hall–Kier alpha value is -0.920. The monoisotopic (exact) mass is 260 g/mol. The van der Waals surface area contributed by atoms with E-state index in [1.807, 2.05) is 6.92 Å². The molecule has 0 aromatic carbocycles. The molecule has 1 rings (SSSR count). The highest BCUT2D eigenvalue weighted by Gasteiger charge is 2.27. The molecular formula is C10H20N4O2S. The molecule has 6 nitrogen and oxygen atoms in total. The number of rotatable bonds is 5. The molecule has 0 aliphatic carbocycles. The lowest BCUT2D eigenvalue weighted by molar-refractivity contribution is 0.461. The van der Waals surface area contributed by atoms with Gasteiger partial charge in [0, 0.05) is 24.8 Å². The minimum Gasteiger partial charge on any atom is -0.334 e. The number of nitrogens with one attached hydrogen (secondary N) is 1. The highest BCUT2D eigenvalue weighted by atomic mass is 32.2. The molecule has 98 valence electrons. The first-order valence-corrected chi connectivity index (χ1v) is 6.98. The summed E-state index contributed by atoms with van der Waals surface area (Å²) in [6.45, 7) is 8.08. The van der Waals surface area contributed by atoms with Crippen molar-refractivity contribution in [3.8, 4) is 0 Å². The smallest absolute Gasteiger partial charge is 0.260 e. The number of aryl methyl sites for hydroxylation is 2. The summed E-state index contributed by atoms with van der Waals surface area (Å²) in [5.41, 5.74) is 4.82. The fourth-order valence-corrected chi connectivity index (χ4v) is 2.82. The molecule has 17 heavy (non-hydrogen) atoms. The summed E-state index contributed by atoms with van der Waals surface area (Å²) in [6.07, 6.45) is 1.53. The number of aromatic nitrogens is 2. The molecule has 0 bridgehead atoms. The van der Waals surface area contributed by atoms with Crippen molar-refractivity contribution in [1.29, 1.82) is 0 Å². The normalized spacial score (nSPS) is 13.0. The van der Waals surface area contributed by atoms with Crippen LogP contribution in [0.2, 0.25) is 0 Å². The van der Waals surface area contributed by atoms with Gasteiger partial charge < -0.3 is 10.3 Å². The van der Waals surface area contributed by atoms with Gasteiger partial charge in [-0.05, 0) is 27.7 Å². The average Bonchev–Trinajstić information content (AvgIpc) is 2.59. The van der Waals surface area contributed by atoms with Gasteiger partial charge in [-0.15, -0.1) is 0 Å². The van der Waals surface area contributed by atoms with E-state index in [0.29, 0.717) is 12.4 Å². The van der Waals surface area contributed by atoms with Crippen molar-refractivity contribution in [1.82, 2.24) is 14.3 Å². The van der Waals surface area contributed by atoms with Crippen molar-refractivity contribution >= 4 is 10.0 Å². The number of hydrogen-bond donors (Lipinski definition) is 2. The van der Waals surface area contributed by atoms with Gasteiger partial charge in [-0.2, -0.15) is 0 Å². The zero-order valence-electron chi connectivity index (χ0n) is 10.7. The molecule has 0 saturated heterocycles.